The Balaban J connectivity index is 3.31. The van der Waals surface area contributed by atoms with Crippen LogP contribution in [0.5, 0.6) is 0 Å². The summed E-state index contributed by atoms with van der Waals surface area (Å²) in [5.74, 6) is -0.975. The first kappa shape index (κ1) is 13.6. The first-order valence-corrected chi connectivity index (χ1v) is 5.34. The van der Waals surface area contributed by atoms with Crippen LogP contribution < -0.4 is 5.73 Å². The normalized spacial score (nSPS) is 10.6. The second kappa shape index (κ2) is 5.77. The Morgan fingerprint density at radius 1 is 1.65 bits per heavy atom. The van der Waals surface area contributed by atoms with Crippen molar-refractivity contribution in [1.29, 1.82) is 0 Å². The number of halogens is 3. The minimum absolute atomic E-state index is 0.0820. The van der Waals surface area contributed by atoms with E-state index in [1.165, 1.54) is 0 Å². The van der Waals surface area contributed by atoms with Crippen molar-refractivity contribution < 1.29 is 18.3 Å². The monoisotopic (exact) mass is 264 g/mol. The number of esters is 1. The van der Waals surface area contributed by atoms with Crippen LogP contribution in [0, 0.1) is 0 Å². The number of hydrogen-bond donors (Lipinski definition) is 1. The highest BCUT2D eigenvalue weighted by Crippen LogP contribution is 2.31. The van der Waals surface area contributed by atoms with Gasteiger partial charge in [-0.1, -0.05) is 0 Å². The summed E-state index contributed by atoms with van der Waals surface area (Å²) in [5, 5.41) is 0. The van der Waals surface area contributed by atoms with Crippen molar-refractivity contribution in [2.75, 3.05) is 12.3 Å². The number of anilines is 1. The molecule has 0 fully saturated rings. The molecule has 0 radical (unpaired) electrons. The molecule has 0 aromatic carbocycles. The van der Waals surface area contributed by atoms with Gasteiger partial charge in [0.25, 0.3) is 6.43 Å². The SMILES string of the molecule is CCOC(=O)c1cnc(CCl)c(N)c1C(F)F. The third-order valence-corrected chi connectivity index (χ3v) is 2.33. The van der Waals surface area contributed by atoms with Gasteiger partial charge >= 0.3 is 5.97 Å². The quantitative estimate of drug-likeness (QED) is 0.670. The zero-order chi connectivity index (χ0) is 13.0. The van der Waals surface area contributed by atoms with Crippen LogP contribution in [0.3, 0.4) is 0 Å². The highest BCUT2D eigenvalue weighted by atomic mass is 35.5. The lowest BCUT2D eigenvalue weighted by Gasteiger charge is -2.12. The zero-order valence-electron chi connectivity index (χ0n) is 9.04. The predicted molar refractivity (Wildman–Crippen MR) is 59.1 cm³/mol. The van der Waals surface area contributed by atoms with Gasteiger partial charge in [-0.2, -0.15) is 0 Å². The number of pyridine rings is 1. The first-order chi connectivity index (χ1) is 8.02. The van der Waals surface area contributed by atoms with E-state index < -0.39 is 18.0 Å². The third-order valence-electron chi connectivity index (χ3n) is 2.08. The van der Waals surface area contributed by atoms with E-state index in [-0.39, 0.29) is 29.4 Å². The summed E-state index contributed by atoms with van der Waals surface area (Å²) in [7, 11) is 0. The van der Waals surface area contributed by atoms with Gasteiger partial charge in [0, 0.05) is 6.20 Å². The molecular formula is C10H11ClF2N2O2. The van der Waals surface area contributed by atoms with E-state index in [9.17, 15) is 13.6 Å². The largest absolute Gasteiger partial charge is 0.462 e. The second-order valence-electron chi connectivity index (χ2n) is 3.10. The molecule has 1 heterocycles. The fourth-order valence-corrected chi connectivity index (χ4v) is 1.51. The van der Waals surface area contributed by atoms with Crippen LogP contribution in [0.15, 0.2) is 6.20 Å². The van der Waals surface area contributed by atoms with Gasteiger partial charge in [0.05, 0.1) is 35.0 Å². The van der Waals surface area contributed by atoms with Crippen molar-refractivity contribution in [3.63, 3.8) is 0 Å². The second-order valence-corrected chi connectivity index (χ2v) is 3.37. The Morgan fingerprint density at radius 3 is 2.76 bits per heavy atom. The lowest BCUT2D eigenvalue weighted by Crippen LogP contribution is -2.13. The summed E-state index contributed by atoms with van der Waals surface area (Å²) in [6, 6.07) is 0. The summed E-state index contributed by atoms with van der Waals surface area (Å²) < 4.78 is 30.3. The van der Waals surface area contributed by atoms with Gasteiger partial charge in [0.1, 0.15) is 0 Å². The number of carbonyl (C=O) groups is 1. The van der Waals surface area contributed by atoms with Gasteiger partial charge < -0.3 is 10.5 Å². The van der Waals surface area contributed by atoms with E-state index in [2.05, 4.69) is 9.72 Å². The van der Waals surface area contributed by atoms with Crippen molar-refractivity contribution in [3.05, 3.63) is 23.0 Å². The third kappa shape index (κ3) is 2.82. The summed E-state index contributed by atoms with van der Waals surface area (Å²) in [6.45, 7) is 1.66. The summed E-state index contributed by atoms with van der Waals surface area (Å²) in [6.07, 6.45) is -1.88. The molecule has 1 aromatic rings. The fourth-order valence-electron chi connectivity index (χ4n) is 1.30. The first-order valence-electron chi connectivity index (χ1n) is 4.81. The van der Waals surface area contributed by atoms with Gasteiger partial charge in [-0.15, -0.1) is 11.6 Å². The van der Waals surface area contributed by atoms with Crippen LogP contribution in [0.2, 0.25) is 0 Å². The van der Waals surface area contributed by atoms with E-state index >= 15 is 0 Å². The Bertz CT molecular complexity index is 427. The molecule has 0 spiro atoms. The Morgan fingerprint density at radius 2 is 2.29 bits per heavy atom. The molecule has 2 N–H and O–H groups in total. The molecule has 0 aliphatic carbocycles. The van der Waals surface area contributed by atoms with E-state index in [0.717, 1.165) is 6.20 Å². The molecule has 0 unspecified atom stereocenters. The molecule has 0 amide bonds. The molecule has 0 saturated heterocycles. The molecule has 7 heteroatoms. The van der Waals surface area contributed by atoms with Crippen LogP contribution in [0.1, 0.15) is 35.0 Å². The minimum atomic E-state index is -2.89. The smallest absolute Gasteiger partial charge is 0.340 e. The summed E-state index contributed by atoms with van der Waals surface area (Å²) in [4.78, 5) is 15.2. The van der Waals surface area contributed by atoms with Crippen LogP contribution in [-0.2, 0) is 10.6 Å². The number of aromatic nitrogens is 1. The standard InChI is InChI=1S/C10H11ClF2N2O2/c1-2-17-10(16)5-4-15-6(3-11)8(14)7(5)9(12)13/h4,9H,2-3,14H2,1H3. The molecule has 0 aliphatic heterocycles. The lowest BCUT2D eigenvalue weighted by molar-refractivity contribution is 0.0515. The lowest BCUT2D eigenvalue weighted by atomic mass is 10.1. The van der Waals surface area contributed by atoms with Crippen LogP contribution in [0.25, 0.3) is 0 Å². The van der Waals surface area contributed by atoms with Gasteiger partial charge in [0.2, 0.25) is 0 Å². The number of nitrogens with zero attached hydrogens (tertiary/aromatic N) is 1. The molecule has 0 saturated carbocycles. The molecule has 17 heavy (non-hydrogen) atoms. The van der Waals surface area contributed by atoms with Crippen molar-refractivity contribution >= 4 is 23.3 Å². The average Bonchev–Trinajstić information content (AvgIpc) is 2.28. The van der Waals surface area contributed by atoms with Gasteiger partial charge in [-0.05, 0) is 6.92 Å². The molecule has 0 aliphatic rings. The number of hydrogen-bond acceptors (Lipinski definition) is 4. The molecule has 0 atom stereocenters. The summed E-state index contributed by atoms with van der Waals surface area (Å²) >= 11 is 5.50. The highest BCUT2D eigenvalue weighted by molar-refractivity contribution is 6.17. The van der Waals surface area contributed by atoms with Crippen LogP contribution >= 0.6 is 11.6 Å². The maximum absolute atomic E-state index is 12.8. The topological polar surface area (TPSA) is 65.2 Å². The summed E-state index contributed by atoms with van der Waals surface area (Å²) in [5.41, 5.74) is 4.45. The maximum atomic E-state index is 12.8. The van der Waals surface area contributed by atoms with Crippen molar-refractivity contribution in [1.82, 2.24) is 4.98 Å². The molecule has 0 bridgehead atoms. The molecular weight excluding hydrogens is 254 g/mol. The van der Waals surface area contributed by atoms with Gasteiger partial charge in [-0.25, -0.2) is 13.6 Å². The molecule has 1 rings (SSSR count). The molecule has 94 valence electrons. The number of carbonyl (C=O) groups excluding carboxylic acids is 1. The zero-order valence-corrected chi connectivity index (χ0v) is 9.80. The van der Waals surface area contributed by atoms with E-state index in [0.29, 0.717) is 0 Å². The van der Waals surface area contributed by atoms with Crippen molar-refractivity contribution in [3.8, 4) is 0 Å². The highest BCUT2D eigenvalue weighted by Gasteiger charge is 2.24. The van der Waals surface area contributed by atoms with Crippen molar-refractivity contribution in [2.24, 2.45) is 0 Å². The predicted octanol–water partition coefficient (Wildman–Crippen LogP) is 2.52. The Kier molecular flexibility index (Phi) is 4.62. The number of rotatable bonds is 4. The molecule has 1 aromatic heterocycles. The van der Waals surface area contributed by atoms with Gasteiger partial charge in [0.15, 0.2) is 0 Å². The number of nitrogens with two attached hydrogens (primary N) is 1. The van der Waals surface area contributed by atoms with Crippen LogP contribution in [0.4, 0.5) is 14.5 Å². The number of alkyl halides is 3. The average molecular weight is 265 g/mol. The van der Waals surface area contributed by atoms with Gasteiger partial charge in [-0.3, -0.25) is 4.98 Å². The van der Waals surface area contributed by atoms with E-state index in [1.807, 2.05) is 0 Å². The maximum Gasteiger partial charge on any atom is 0.340 e. The fraction of sp³-hybridized carbons (Fsp3) is 0.400. The Labute approximate surface area is 102 Å². The number of ether oxygens (including phenoxy) is 1. The minimum Gasteiger partial charge on any atom is -0.462 e. The Hall–Kier alpha value is -1.43. The van der Waals surface area contributed by atoms with Crippen molar-refractivity contribution in [2.45, 2.75) is 19.2 Å². The molecule has 4 nitrogen and oxygen atoms in total. The van der Waals surface area contributed by atoms with E-state index in [4.69, 9.17) is 17.3 Å². The number of nitrogen functional groups attached to an aromatic ring is 1. The van der Waals surface area contributed by atoms with E-state index in [1.54, 1.807) is 6.92 Å². The van der Waals surface area contributed by atoms with Crippen LogP contribution in [-0.4, -0.2) is 17.6 Å².